The second-order valence-corrected chi connectivity index (χ2v) is 4.59. The van der Waals surface area contributed by atoms with Gasteiger partial charge in [0.05, 0.1) is 6.42 Å². The van der Waals surface area contributed by atoms with E-state index in [-0.39, 0.29) is 0 Å². The Morgan fingerprint density at radius 3 is 2.58 bits per heavy atom. The lowest BCUT2D eigenvalue weighted by atomic mass is 10.2. The van der Waals surface area contributed by atoms with Crippen molar-refractivity contribution in [2.24, 2.45) is 5.73 Å². The summed E-state index contributed by atoms with van der Waals surface area (Å²) in [7, 11) is 0. The SMILES string of the molecule is NC(=O)C[C@H](NC(=O)Nc1cccc(Br)c1)C(=O)O. The lowest BCUT2D eigenvalue weighted by molar-refractivity contribution is -0.140. The minimum Gasteiger partial charge on any atom is -0.480 e. The van der Waals surface area contributed by atoms with Crippen molar-refractivity contribution in [3.05, 3.63) is 28.7 Å². The number of carbonyl (C=O) groups is 3. The Labute approximate surface area is 117 Å². The van der Waals surface area contributed by atoms with Crippen molar-refractivity contribution >= 4 is 39.5 Å². The van der Waals surface area contributed by atoms with Crippen LogP contribution in [-0.4, -0.2) is 29.1 Å². The van der Waals surface area contributed by atoms with Crippen molar-refractivity contribution < 1.29 is 19.5 Å². The van der Waals surface area contributed by atoms with Crippen LogP contribution in [0, 0.1) is 0 Å². The maximum absolute atomic E-state index is 11.6. The molecule has 8 heteroatoms. The molecule has 0 bridgehead atoms. The molecule has 19 heavy (non-hydrogen) atoms. The standard InChI is InChI=1S/C11H12BrN3O4/c12-6-2-1-3-7(4-6)14-11(19)15-8(10(17)18)5-9(13)16/h1-4,8H,5H2,(H2,13,16)(H,17,18)(H2,14,15,19)/t8-/m0/s1. The first-order chi connectivity index (χ1) is 8.88. The molecule has 5 N–H and O–H groups in total. The Kier molecular flexibility index (Phi) is 5.31. The number of halogens is 1. The predicted molar refractivity (Wildman–Crippen MR) is 71.5 cm³/mol. The highest BCUT2D eigenvalue weighted by Crippen LogP contribution is 2.15. The number of hydrogen-bond donors (Lipinski definition) is 4. The van der Waals surface area contributed by atoms with Gasteiger partial charge in [-0.1, -0.05) is 22.0 Å². The first kappa shape index (κ1) is 15.0. The summed E-state index contributed by atoms with van der Waals surface area (Å²) < 4.78 is 0.761. The Bertz CT molecular complexity index is 506. The molecule has 0 unspecified atom stereocenters. The summed E-state index contributed by atoms with van der Waals surface area (Å²) in [5.41, 5.74) is 5.38. The van der Waals surface area contributed by atoms with E-state index in [1.54, 1.807) is 24.3 Å². The summed E-state index contributed by atoms with van der Waals surface area (Å²) in [6.45, 7) is 0. The minimum absolute atomic E-state index is 0.471. The Morgan fingerprint density at radius 2 is 2.05 bits per heavy atom. The van der Waals surface area contributed by atoms with Gasteiger partial charge in [-0.25, -0.2) is 9.59 Å². The van der Waals surface area contributed by atoms with Crippen LogP contribution in [0.3, 0.4) is 0 Å². The van der Waals surface area contributed by atoms with E-state index in [4.69, 9.17) is 10.8 Å². The average molecular weight is 330 g/mol. The molecule has 1 atom stereocenters. The first-order valence-corrected chi connectivity index (χ1v) is 6.02. The third kappa shape index (κ3) is 5.38. The number of carbonyl (C=O) groups excluding carboxylic acids is 2. The fourth-order valence-corrected chi connectivity index (χ4v) is 1.69. The molecule has 0 aliphatic carbocycles. The normalized spacial score (nSPS) is 11.4. The van der Waals surface area contributed by atoms with Crippen LogP contribution >= 0.6 is 15.9 Å². The highest BCUT2D eigenvalue weighted by atomic mass is 79.9. The van der Waals surface area contributed by atoms with Gasteiger partial charge in [-0.2, -0.15) is 0 Å². The topological polar surface area (TPSA) is 122 Å². The quantitative estimate of drug-likeness (QED) is 0.641. The smallest absolute Gasteiger partial charge is 0.326 e. The number of anilines is 1. The number of urea groups is 1. The van der Waals surface area contributed by atoms with E-state index < -0.39 is 30.4 Å². The predicted octanol–water partition coefficient (Wildman–Crippen LogP) is 0.899. The molecule has 0 spiro atoms. The van der Waals surface area contributed by atoms with Gasteiger partial charge < -0.3 is 21.5 Å². The third-order valence-corrected chi connectivity index (χ3v) is 2.58. The van der Waals surface area contributed by atoms with Crippen LogP contribution in [0.1, 0.15) is 6.42 Å². The van der Waals surface area contributed by atoms with Crippen molar-refractivity contribution in [1.82, 2.24) is 5.32 Å². The second-order valence-electron chi connectivity index (χ2n) is 3.67. The van der Waals surface area contributed by atoms with E-state index in [0.29, 0.717) is 5.69 Å². The number of benzene rings is 1. The molecule has 102 valence electrons. The fraction of sp³-hybridized carbons (Fsp3) is 0.182. The van der Waals surface area contributed by atoms with Gasteiger partial charge >= 0.3 is 12.0 Å². The van der Waals surface area contributed by atoms with Crippen LogP contribution < -0.4 is 16.4 Å². The number of nitrogens with two attached hydrogens (primary N) is 1. The van der Waals surface area contributed by atoms with Crippen LogP contribution in [0.15, 0.2) is 28.7 Å². The molecule has 1 aromatic rings. The molecule has 3 amide bonds. The summed E-state index contributed by atoms with van der Waals surface area (Å²) in [6.07, 6.45) is -0.471. The molecule has 0 heterocycles. The van der Waals surface area contributed by atoms with Gasteiger partial charge in [-0.05, 0) is 18.2 Å². The van der Waals surface area contributed by atoms with E-state index in [9.17, 15) is 14.4 Å². The number of hydrogen-bond acceptors (Lipinski definition) is 3. The zero-order valence-electron chi connectivity index (χ0n) is 9.72. The molecule has 1 rings (SSSR count). The highest BCUT2D eigenvalue weighted by Gasteiger charge is 2.22. The number of aliphatic carboxylic acids is 1. The van der Waals surface area contributed by atoms with Gasteiger partial charge in [0.2, 0.25) is 5.91 Å². The Morgan fingerprint density at radius 1 is 1.37 bits per heavy atom. The van der Waals surface area contributed by atoms with Gasteiger partial charge in [-0.15, -0.1) is 0 Å². The van der Waals surface area contributed by atoms with Crippen molar-refractivity contribution in [2.45, 2.75) is 12.5 Å². The lowest BCUT2D eigenvalue weighted by Gasteiger charge is -2.13. The number of carboxylic acid groups (broad SMARTS) is 1. The summed E-state index contributed by atoms with van der Waals surface area (Å²) in [6, 6.07) is 4.67. The Balaban J connectivity index is 2.62. The van der Waals surface area contributed by atoms with E-state index in [2.05, 4.69) is 26.6 Å². The molecule has 0 aromatic heterocycles. The highest BCUT2D eigenvalue weighted by molar-refractivity contribution is 9.10. The van der Waals surface area contributed by atoms with Gasteiger partial charge in [0.15, 0.2) is 0 Å². The van der Waals surface area contributed by atoms with Gasteiger partial charge in [0.1, 0.15) is 6.04 Å². The number of nitrogens with one attached hydrogen (secondary N) is 2. The lowest BCUT2D eigenvalue weighted by Crippen LogP contribution is -2.45. The second kappa shape index (κ2) is 6.74. The molecule has 7 nitrogen and oxygen atoms in total. The third-order valence-electron chi connectivity index (χ3n) is 2.09. The molecule has 1 aromatic carbocycles. The van der Waals surface area contributed by atoms with E-state index >= 15 is 0 Å². The molecule has 0 aliphatic rings. The number of rotatable bonds is 5. The van der Waals surface area contributed by atoms with Crippen molar-refractivity contribution in [1.29, 1.82) is 0 Å². The van der Waals surface area contributed by atoms with Crippen molar-refractivity contribution in [2.75, 3.05) is 5.32 Å². The zero-order chi connectivity index (χ0) is 14.4. The molecular formula is C11H12BrN3O4. The van der Waals surface area contributed by atoms with Crippen LogP contribution in [0.25, 0.3) is 0 Å². The summed E-state index contributed by atoms with van der Waals surface area (Å²) in [4.78, 5) is 33.1. The molecule has 0 aliphatic heterocycles. The fourth-order valence-electron chi connectivity index (χ4n) is 1.29. The van der Waals surface area contributed by atoms with Gasteiger partial charge in [0.25, 0.3) is 0 Å². The first-order valence-electron chi connectivity index (χ1n) is 5.22. The summed E-state index contributed by atoms with van der Waals surface area (Å²) in [5.74, 6) is -2.14. The van der Waals surface area contributed by atoms with E-state index in [1.807, 2.05) is 0 Å². The maximum atomic E-state index is 11.6. The Hall–Kier alpha value is -2.09. The molecule has 0 saturated carbocycles. The zero-order valence-corrected chi connectivity index (χ0v) is 11.3. The van der Waals surface area contributed by atoms with Crippen LogP contribution in [0.2, 0.25) is 0 Å². The van der Waals surface area contributed by atoms with E-state index in [0.717, 1.165) is 4.47 Å². The summed E-state index contributed by atoms with van der Waals surface area (Å²) >= 11 is 3.23. The van der Waals surface area contributed by atoms with Crippen LogP contribution in [0.4, 0.5) is 10.5 Å². The van der Waals surface area contributed by atoms with Crippen molar-refractivity contribution in [3.63, 3.8) is 0 Å². The molecule has 0 fully saturated rings. The molecule has 0 saturated heterocycles. The number of primary amides is 1. The van der Waals surface area contributed by atoms with E-state index in [1.165, 1.54) is 0 Å². The van der Waals surface area contributed by atoms with Gasteiger partial charge in [0, 0.05) is 10.2 Å². The maximum Gasteiger partial charge on any atom is 0.326 e. The van der Waals surface area contributed by atoms with Gasteiger partial charge in [-0.3, -0.25) is 4.79 Å². The van der Waals surface area contributed by atoms with Crippen LogP contribution in [-0.2, 0) is 9.59 Å². The monoisotopic (exact) mass is 329 g/mol. The van der Waals surface area contributed by atoms with Crippen molar-refractivity contribution in [3.8, 4) is 0 Å². The largest absolute Gasteiger partial charge is 0.480 e. The minimum atomic E-state index is -1.36. The summed E-state index contributed by atoms with van der Waals surface area (Å²) in [5, 5.41) is 13.4. The molecule has 0 radical (unpaired) electrons. The number of carboxylic acids is 1. The number of amides is 3. The average Bonchev–Trinajstić information content (AvgIpc) is 2.27. The van der Waals surface area contributed by atoms with Crippen LogP contribution in [0.5, 0.6) is 0 Å². The molecular weight excluding hydrogens is 318 g/mol.